The molecule has 4 unspecified atom stereocenters. The maximum atomic E-state index is 12.7. The van der Waals surface area contributed by atoms with Crippen LogP contribution in [0.5, 0.6) is 0 Å². The number of aliphatic carboxylic acids is 1. The van der Waals surface area contributed by atoms with Gasteiger partial charge in [-0.1, -0.05) is 19.3 Å². The van der Waals surface area contributed by atoms with E-state index in [1.54, 1.807) is 4.90 Å². The molecule has 0 aromatic carbocycles. The van der Waals surface area contributed by atoms with Crippen molar-refractivity contribution in [2.24, 2.45) is 11.7 Å². The monoisotopic (exact) mass is 286 g/mol. The van der Waals surface area contributed by atoms with Gasteiger partial charge in [-0.15, -0.1) is 11.8 Å². The predicted molar refractivity (Wildman–Crippen MR) is 74.7 cm³/mol. The molecule has 19 heavy (non-hydrogen) atoms. The molecule has 0 aromatic heterocycles. The number of carbonyl (C=O) groups is 2. The Kier molecular flexibility index (Phi) is 4.73. The minimum Gasteiger partial charge on any atom is -0.480 e. The molecule has 0 aromatic rings. The van der Waals surface area contributed by atoms with Crippen molar-refractivity contribution < 1.29 is 14.7 Å². The lowest BCUT2D eigenvalue weighted by atomic mass is 9.93. The van der Waals surface area contributed by atoms with E-state index in [9.17, 15) is 14.7 Å². The number of nitrogens with zero attached hydrogens (tertiary/aromatic N) is 1. The summed E-state index contributed by atoms with van der Waals surface area (Å²) in [5.41, 5.74) is 6.11. The molecule has 0 radical (unpaired) electrons. The van der Waals surface area contributed by atoms with Gasteiger partial charge in [-0.05, 0) is 19.8 Å². The molecule has 1 saturated heterocycles. The zero-order chi connectivity index (χ0) is 14.0. The molecule has 6 heteroatoms. The zero-order valence-electron chi connectivity index (χ0n) is 11.2. The highest BCUT2D eigenvalue weighted by molar-refractivity contribution is 8.00. The predicted octanol–water partition coefficient (Wildman–Crippen LogP) is 1.27. The molecular weight excluding hydrogens is 264 g/mol. The van der Waals surface area contributed by atoms with Crippen molar-refractivity contribution in [1.82, 2.24) is 4.90 Å². The van der Waals surface area contributed by atoms with Crippen LogP contribution in [0, 0.1) is 5.92 Å². The van der Waals surface area contributed by atoms with Gasteiger partial charge in [0.05, 0.1) is 11.3 Å². The minimum atomic E-state index is -0.910. The fourth-order valence-electron chi connectivity index (χ4n) is 3.00. The van der Waals surface area contributed by atoms with E-state index < -0.39 is 12.0 Å². The quantitative estimate of drug-likeness (QED) is 0.747. The first-order chi connectivity index (χ1) is 9.02. The number of carbonyl (C=O) groups excluding carboxylic acids is 1. The van der Waals surface area contributed by atoms with Gasteiger partial charge in [0.15, 0.2) is 0 Å². The highest BCUT2D eigenvalue weighted by atomic mass is 32.2. The van der Waals surface area contributed by atoms with Crippen LogP contribution in [-0.4, -0.2) is 45.1 Å². The Morgan fingerprint density at radius 2 is 1.95 bits per heavy atom. The lowest BCUT2D eigenvalue weighted by Gasteiger charge is -2.31. The third kappa shape index (κ3) is 3.05. The standard InChI is InChI=1S/C13H22N2O3S/c1-8-15(11(7-19-8)13(17)18)12(16)9-5-3-2-4-6-10(9)14/h8-11H,2-7,14H2,1H3,(H,17,18). The van der Waals surface area contributed by atoms with Crippen LogP contribution in [-0.2, 0) is 9.59 Å². The molecule has 1 saturated carbocycles. The van der Waals surface area contributed by atoms with E-state index in [2.05, 4.69) is 0 Å². The highest BCUT2D eigenvalue weighted by Crippen LogP contribution is 2.33. The maximum absolute atomic E-state index is 12.7. The van der Waals surface area contributed by atoms with Gasteiger partial charge >= 0.3 is 5.97 Å². The van der Waals surface area contributed by atoms with Gasteiger partial charge in [-0.2, -0.15) is 0 Å². The maximum Gasteiger partial charge on any atom is 0.327 e. The van der Waals surface area contributed by atoms with Crippen LogP contribution in [0.25, 0.3) is 0 Å². The van der Waals surface area contributed by atoms with Crippen LogP contribution >= 0.6 is 11.8 Å². The molecule has 3 N–H and O–H groups in total. The zero-order valence-corrected chi connectivity index (χ0v) is 12.1. The van der Waals surface area contributed by atoms with Crippen molar-refractivity contribution in [1.29, 1.82) is 0 Å². The summed E-state index contributed by atoms with van der Waals surface area (Å²) >= 11 is 1.52. The normalized spacial score (nSPS) is 36.0. The number of carboxylic acid groups (broad SMARTS) is 1. The molecule has 2 rings (SSSR count). The average molecular weight is 286 g/mol. The highest BCUT2D eigenvalue weighted by Gasteiger charge is 2.43. The Hall–Kier alpha value is -0.750. The second-order valence-corrected chi connectivity index (χ2v) is 6.79. The molecule has 1 aliphatic carbocycles. The smallest absolute Gasteiger partial charge is 0.327 e. The number of rotatable bonds is 2. The van der Waals surface area contributed by atoms with E-state index in [1.165, 1.54) is 11.8 Å². The van der Waals surface area contributed by atoms with Crippen LogP contribution in [0.15, 0.2) is 0 Å². The second-order valence-electron chi connectivity index (χ2n) is 5.44. The van der Waals surface area contributed by atoms with Crippen LogP contribution in [0.3, 0.4) is 0 Å². The Morgan fingerprint density at radius 1 is 1.26 bits per heavy atom. The van der Waals surface area contributed by atoms with Crippen molar-refractivity contribution in [2.75, 3.05) is 5.75 Å². The fourth-order valence-corrected chi connectivity index (χ4v) is 4.18. The molecular formula is C13H22N2O3S. The SMILES string of the molecule is CC1SCC(C(=O)O)N1C(=O)C1CCCCCC1N. The van der Waals surface area contributed by atoms with Crippen molar-refractivity contribution in [2.45, 2.75) is 56.5 Å². The summed E-state index contributed by atoms with van der Waals surface area (Å²) in [5.74, 6) is -0.693. The van der Waals surface area contributed by atoms with E-state index in [0.717, 1.165) is 32.1 Å². The molecule has 5 nitrogen and oxygen atoms in total. The first-order valence-corrected chi connectivity index (χ1v) is 7.99. The Morgan fingerprint density at radius 3 is 2.63 bits per heavy atom. The van der Waals surface area contributed by atoms with Gasteiger partial charge in [0.2, 0.25) is 5.91 Å². The summed E-state index contributed by atoms with van der Waals surface area (Å²) < 4.78 is 0. The molecule has 0 spiro atoms. The summed E-state index contributed by atoms with van der Waals surface area (Å²) in [6.45, 7) is 1.90. The van der Waals surface area contributed by atoms with E-state index in [0.29, 0.717) is 5.75 Å². The second kappa shape index (κ2) is 6.13. The number of carboxylic acids is 1. The van der Waals surface area contributed by atoms with Gasteiger partial charge in [0.1, 0.15) is 6.04 Å². The molecule has 2 aliphatic rings. The minimum absolute atomic E-state index is 0.0562. The Labute approximate surface area is 117 Å². The lowest BCUT2D eigenvalue weighted by molar-refractivity contribution is -0.151. The number of amides is 1. The molecule has 4 atom stereocenters. The van der Waals surface area contributed by atoms with Crippen molar-refractivity contribution >= 4 is 23.6 Å². The van der Waals surface area contributed by atoms with Crippen LogP contribution < -0.4 is 5.73 Å². The van der Waals surface area contributed by atoms with Gasteiger partial charge in [-0.3, -0.25) is 4.79 Å². The molecule has 1 amide bonds. The lowest BCUT2D eigenvalue weighted by Crippen LogP contribution is -2.50. The fraction of sp³-hybridized carbons (Fsp3) is 0.846. The molecule has 1 aliphatic heterocycles. The molecule has 1 heterocycles. The summed E-state index contributed by atoms with van der Waals surface area (Å²) in [5, 5.41) is 9.17. The van der Waals surface area contributed by atoms with Gasteiger partial charge in [0, 0.05) is 11.8 Å². The summed E-state index contributed by atoms with van der Waals surface area (Å²) in [4.78, 5) is 25.5. The van der Waals surface area contributed by atoms with Crippen LogP contribution in [0.1, 0.15) is 39.0 Å². The third-order valence-electron chi connectivity index (χ3n) is 4.15. The first kappa shape index (κ1) is 14.7. The van der Waals surface area contributed by atoms with E-state index in [-0.39, 0.29) is 23.2 Å². The Bertz CT molecular complexity index is 364. The summed E-state index contributed by atoms with van der Waals surface area (Å²) in [6.07, 6.45) is 4.85. The van der Waals surface area contributed by atoms with Gasteiger partial charge < -0.3 is 15.7 Å². The van der Waals surface area contributed by atoms with Crippen LogP contribution in [0.4, 0.5) is 0 Å². The summed E-state index contributed by atoms with van der Waals surface area (Å²) in [6, 6.07) is -0.815. The van der Waals surface area contributed by atoms with Crippen molar-refractivity contribution in [3.63, 3.8) is 0 Å². The van der Waals surface area contributed by atoms with E-state index >= 15 is 0 Å². The average Bonchev–Trinajstić information content (AvgIpc) is 2.61. The number of thioether (sulfide) groups is 1. The number of hydrogen-bond donors (Lipinski definition) is 2. The largest absolute Gasteiger partial charge is 0.480 e. The summed E-state index contributed by atoms with van der Waals surface area (Å²) in [7, 11) is 0. The Balaban J connectivity index is 2.14. The molecule has 2 fully saturated rings. The topological polar surface area (TPSA) is 83.6 Å². The molecule has 108 valence electrons. The van der Waals surface area contributed by atoms with Gasteiger partial charge in [0.25, 0.3) is 0 Å². The van der Waals surface area contributed by atoms with Crippen LogP contribution in [0.2, 0.25) is 0 Å². The van der Waals surface area contributed by atoms with E-state index in [1.807, 2.05) is 6.92 Å². The number of hydrogen-bond acceptors (Lipinski definition) is 4. The molecule has 0 bridgehead atoms. The van der Waals surface area contributed by atoms with E-state index in [4.69, 9.17) is 5.73 Å². The number of nitrogens with two attached hydrogens (primary N) is 1. The third-order valence-corrected chi connectivity index (χ3v) is 5.37. The van der Waals surface area contributed by atoms with Crippen molar-refractivity contribution in [3.8, 4) is 0 Å². The van der Waals surface area contributed by atoms with Gasteiger partial charge in [-0.25, -0.2) is 4.79 Å². The first-order valence-electron chi connectivity index (χ1n) is 6.94. The van der Waals surface area contributed by atoms with Crippen molar-refractivity contribution in [3.05, 3.63) is 0 Å².